The molecule has 2 heterocycles. The zero-order chi connectivity index (χ0) is 12.3. The van der Waals surface area contributed by atoms with Gasteiger partial charge in [0, 0.05) is 32.4 Å². The largest absolute Gasteiger partial charge is 0.347 e. The summed E-state index contributed by atoms with van der Waals surface area (Å²) in [5.74, 6) is 0.164. The van der Waals surface area contributed by atoms with Crippen molar-refractivity contribution in [2.45, 2.75) is 25.3 Å². The number of hydrogen-bond donors (Lipinski definition) is 1. The summed E-state index contributed by atoms with van der Waals surface area (Å²) in [6.45, 7) is 1.77. The number of rotatable bonds is 3. The first kappa shape index (κ1) is 12.2. The molecule has 1 aliphatic heterocycles. The van der Waals surface area contributed by atoms with Gasteiger partial charge in [-0.3, -0.25) is 4.79 Å². The number of amides is 1. The summed E-state index contributed by atoms with van der Waals surface area (Å²) in [6, 6.07) is 4.16. The van der Waals surface area contributed by atoms with E-state index in [1.165, 1.54) is 6.42 Å². The van der Waals surface area contributed by atoms with Crippen LogP contribution < -0.4 is 5.32 Å². The average molecular weight is 235 g/mol. The van der Waals surface area contributed by atoms with Crippen LogP contribution in [0.3, 0.4) is 0 Å². The Kier molecular flexibility index (Phi) is 3.84. The Labute approximate surface area is 103 Å². The van der Waals surface area contributed by atoms with E-state index in [9.17, 15) is 4.79 Å². The maximum atomic E-state index is 12.4. The van der Waals surface area contributed by atoms with Crippen molar-refractivity contribution in [3.05, 3.63) is 24.0 Å². The SMILES string of the molecule is CNCC1CCCCN1C(=O)c1cccn1C. The van der Waals surface area contributed by atoms with E-state index in [0.29, 0.717) is 6.04 Å². The van der Waals surface area contributed by atoms with Gasteiger partial charge in [-0.05, 0) is 38.4 Å². The van der Waals surface area contributed by atoms with Gasteiger partial charge in [0.25, 0.3) is 5.91 Å². The van der Waals surface area contributed by atoms with Crippen molar-refractivity contribution in [2.75, 3.05) is 20.1 Å². The van der Waals surface area contributed by atoms with Crippen LogP contribution >= 0.6 is 0 Å². The maximum absolute atomic E-state index is 12.4. The molecule has 17 heavy (non-hydrogen) atoms. The van der Waals surface area contributed by atoms with E-state index < -0.39 is 0 Å². The first-order valence-corrected chi connectivity index (χ1v) is 6.31. The summed E-state index contributed by atoms with van der Waals surface area (Å²) in [7, 11) is 3.87. The highest BCUT2D eigenvalue weighted by atomic mass is 16.2. The van der Waals surface area contributed by atoms with Gasteiger partial charge in [-0.25, -0.2) is 0 Å². The lowest BCUT2D eigenvalue weighted by atomic mass is 10.0. The van der Waals surface area contributed by atoms with E-state index in [1.807, 2.05) is 41.9 Å². The molecule has 1 amide bonds. The predicted octanol–water partition coefficient (Wildman–Crippen LogP) is 1.24. The molecule has 1 saturated heterocycles. The second kappa shape index (κ2) is 5.36. The van der Waals surface area contributed by atoms with Gasteiger partial charge in [0.2, 0.25) is 0 Å². The molecular formula is C13H21N3O. The molecule has 94 valence electrons. The highest BCUT2D eigenvalue weighted by molar-refractivity contribution is 5.93. The van der Waals surface area contributed by atoms with Gasteiger partial charge in [0.05, 0.1) is 0 Å². The molecule has 0 radical (unpaired) electrons. The quantitative estimate of drug-likeness (QED) is 0.856. The molecule has 1 aliphatic rings. The van der Waals surface area contributed by atoms with E-state index in [4.69, 9.17) is 0 Å². The molecule has 1 atom stereocenters. The van der Waals surface area contributed by atoms with Crippen molar-refractivity contribution in [2.24, 2.45) is 7.05 Å². The van der Waals surface area contributed by atoms with Gasteiger partial charge in [-0.2, -0.15) is 0 Å². The Morgan fingerprint density at radius 2 is 2.35 bits per heavy atom. The smallest absolute Gasteiger partial charge is 0.270 e. The van der Waals surface area contributed by atoms with Gasteiger partial charge in [0.15, 0.2) is 0 Å². The molecule has 0 aromatic carbocycles. The minimum absolute atomic E-state index is 0.164. The summed E-state index contributed by atoms with van der Waals surface area (Å²) < 4.78 is 1.90. The number of nitrogens with one attached hydrogen (secondary N) is 1. The van der Waals surface area contributed by atoms with E-state index >= 15 is 0 Å². The molecule has 4 nitrogen and oxygen atoms in total. The minimum atomic E-state index is 0.164. The number of piperidine rings is 1. The predicted molar refractivity (Wildman–Crippen MR) is 68.0 cm³/mol. The van der Waals surface area contributed by atoms with Gasteiger partial charge in [-0.1, -0.05) is 0 Å². The zero-order valence-corrected chi connectivity index (χ0v) is 10.6. The molecule has 0 bridgehead atoms. The fraction of sp³-hybridized carbons (Fsp3) is 0.615. The van der Waals surface area contributed by atoms with E-state index in [-0.39, 0.29) is 5.91 Å². The van der Waals surface area contributed by atoms with Crippen molar-refractivity contribution in [1.82, 2.24) is 14.8 Å². The van der Waals surface area contributed by atoms with Crippen molar-refractivity contribution >= 4 is 5.91 Å². The number of carbonyl (C=O) groups is 1. The van der Waals surface area contributed by atoms with Crippen LogP contribution in [-0.2, 0) is 7.05 Å². The normalized spacial score (nSPS) is 20.6. The molecular weight excluding hydrogens is 214 g/mol. The van der Waals surface area contributed by atoms with Crippen LogP contribution in [0.5, 0.6) is 0 Å². The van der Waals surface area contributed by atoms with Gasteiger partial charge in [-0.15, -0.1) is 0 Å². The van der Waals surface area contributed by atoms with Crippen molar-refractivity contribution in [3.8, 4) is 0 Å². The third-order valence-corrected chi connectivity index (χ3v) is 3.49. The number of likely N-dealkylation sites (tertiary alicyclic amines) is 1. The molecule has 1 N–H and O–H groups in total. The van der Waals surface area contributed by atoms with E-state index in [1.54, 1.807) is 0 Å². The molecule has 0 spiro atoms. The lowest BCUT2D eigenvalue weighted by Crippen LogP contribution is -2.48. The summed E-state index contributed by atoms with van der Waals surface area (Å²) in [6.07, 6.45) is 5.38. The number of aryl methyl sites for hydroxylation is 1. The molecule has 1 aromatic heterocycles. The van der Waals surface area contributed by atoms with Crippen molar-refractivity contribution in [3.63, 3.8) is 0 Å². The van der Waals surface area contributed by atoms with Gasteiger partial charge in [0.1, 0.15) is 5.69 Å². The van der Waals surface area contributed by atoms with E-state index in [0.717, 1.165) is 31.6 Å². The van der Waals surface area contributed by atoms with Crippen LogP contribution in [0.4, 0.5) is 0 Å². The lowest BCUT2D eigenvalue weighted by molar-refractivity contribution is 0.0605. The fourth-order valence-corrected chi connectivity index (χ4v) is 2.55. The summed E-state index contributed by atoms with van der Waals surface area (Å²) in [5, 5.41) is 3.18. The second-order valence-electron chi connectivity index (χ2n) is 4.71. The highest BCUT2D eigenvalue weighted by Crippen LogP contribution is 2.19. The minimum Gasteiger partial charge on any atom is -0.347 e. The van der Waals surface area contributed by atoms with Crippen LogP contribution in [0, 0.1) is 0 Å². The molecule has 1 aromatic rings. The summed E-state index contributed by atoms with van der Waals surface area (Å²) in [4.78, 5) is 14.5. The Bertz CT molecular complexity index is 384. The number of hydrogen-bond acceptors (Lipinski definition) is 2. The molecule has 1 fully saturated rings. The third-order valence-electron chi connectivity index (χ3n) is 3.49. The Morgan fingerprint density at radius 1 is 1.53 bits per heavy atom. The van der Waals surface area contributed by atoms with Crippen LogP contribution in [0.1, 0.15) is 29.8 Å². The number of nitrogens with zero attached hydrogens (tertiary/aromatic N) is 2. The standard InChI is InChI=1S/C13H21N3O/c1-14-10-11-6-3-4-9-16(11)13(17)12-7-5-8-15(12)2/h5,7-8,11,14H,3-4,6,9-10H2,1-2H3. The second-order valence-corrected chi connectivity index (χ2v) is 4.71. The Balaban J connectivity index is 2.14. The zero-order valence-electron chi connectivity index (χ0n) is 10.6. The topological polar surface area (TPSA) is 37.3 Å². The van der Waals surface area contributed by atoms with Crippen LogP contribution in [0.15, 0.2) is 18.3 Å². The van der Waals surface area contributed by atoms with Crippen LogP contribution in [-0.4, -0.2) is 41.6 Å². The molecule has 4 heteroatoms. The molecule has 0 saturated carbocycles. The Hall–Kier alpha value is -1.29. The van der Waals surface area contributed by atoms with Crippen molar-refractivity contribution < 1.29 is 4.79 Å². The molecule has 0 aliphatic carbocycles. The monoisotopic (exact) mass is 235 g/mol. The van der Waals surface area contributed by atoms with E-state index in [2.05, 4.69) is 5.32 Å². The fourth-order valence-electron chi connectivity index (χ4n) is 2.55. The molecule has 2 rings (SSSR count). The number of aromatic nitrogens is 1. The summed E-state index contributed by atoms with van der Waals surface area (Å²) >= 11 is 0. The maximum Gasteiger partial charge on any atom is 0.270 e. The number of carbonyl (C=O) groups excluding carboxylic acids is 1. The highest BCUT2D eigenvalue weighted by Gasteiger charge is 2.27. The van der Waals surface area contributed by atoms with Crippen LogP contribution in [0.2, 0.25) is 0 Å². The third kappa shape index (κ3) is 2.52. The van der Waals surface area contributed by atoms with Gasteiger partial charge < -0.3 is 14.8 Å². The van der Waals surface area contributed by atoms with Gasteiger partial charge >= 0.3 is 0 Å². The van der Waals surface area contributed by atoms with Crippen molar-refractivity contribution in [1.29, 1.82) is 0 Å². The first-order valence-electron chi connectivity index (χ1n) is 6.31. The summed E-state index contributed by atoms with van der Waals surface area (Å²) in [5.41, 5.74) is 0.785. The van der Waals surface area contributed by atoms with Crippen LogP contribution in [0.25, 0.3) is 0 Å². The Morgan fingerprint density at radius 3 is 3.00 bits per heavy atom. The average Bonchev–Trinajstić information content (AvgIpc) is 2.76. The number of likely N-dealkylation sites (N-methyl/N-ethyl adjacent to an activating group) is 1. The first-order chi connectivity index (χ1) is 8.24. The molecule has 1 unspecified atom stereocenters. The lowest BCUT2D eigenvalue weighted by Gasteiger charge is -2.35.